The first-order chi connectivity index (χ1) is 8.49. The Labute approximate surface area is 107 Å². The van der Waals surface area contributed by atoms with Crippen molar-refractivity contribution in [3.63, 3.8) is 0 Å². The standard InChI is InChI=1S/C14H20N2O2/c1-11-6-7-13(18-11)14(2,17)10-15-9-12-5-4-8-16(12)3/h4-8,15,17H,9-10H2,1-3H3. The van der Waals surface area contributed by atoms with Crippen LogP contribution in [0.3, 0.4) is 0 Å². The van der Waals surface area contributed by atoms with E-state index in [2.05, 4.69) is 16.0 Å². The summed E-state index contributed by atoms with van der Waals surface area (Å²) in [5.41, 5.74) is 0.195. The van der Waals surface area contributed by atoms with Crippen LogP contribution in [0.1, 0.15) is 24.1 Å². The van der Waals surface area contributed by atoms with E-state index in [4.69, 9.17) is 4.42 Å². The first-order valence-electron chi connectivity index (χ1n) is 6.09. The first-order valence-corrected chi connectivity index (χ1v) is 6.09. The fourth-order valence-electron chi connectivity index (χ4n) is 1.93. The second kappa shape index (κ2) is 5.00. The van der Waals surface area contributed by atoms with Crippen molar-refractivity contribution in [2.75, 3.05) is 6.54 Å². The van der Waals surface area contributed by atoms with E-state index in [-0.39, 0.29) is 0 Å². The predicted molar refractivity (Wildman–Crippen MR) is 70.1 cm³/mol. The number of aromatic nitrogens is 1. The minimum absolute atomic E-state index is 0.450. The molecule has 2 aromatic heterocycles. The van der Waals surface area contributed by atoms with Gasteiger partial charge in [0, 0.05) is 32.0 Å². The van der Waals surface area contributed by atoms with Crippen LogP contribution in [0.2, 0.25) is 0 Å². The zero-order chi connectivity index (χ0) is 13.2. The Morgan fingerprint density at radius 3 is 2.72 bits per heavy atom. The lowest BCUT2D eigenvalue weighted by Crippen LogP contribution is -2.35. The Morgan fingerprint density at radius 2 is 2.17 bits per heavy atom. The molecule has 2 heterocycles. The second-order valence-corrected chi connectivity index (χ2v) is 4.90. The number of nitrogens with one attached hydrogen (secondary N) is 1. The fraction of sp³-hybridized carbons (Fsp3) is 0.429. The van der Waals surface area contributed by atoms with Crippen molar-refractivity contribution in [3.05, 3.63) is 47.7 Å². The number of furan rings is 1. The molecule has 0 bridgehead atoms. The molecule has 0 saturated carbocycles. The molecule has 0 amide bonds. The van der Waals surface area contributed by atoms with Gasteiger partial charge in [0.1, 0.15) is 17.1 Å². The summed E-state index contributed by atoms with van der Waals surface area (Å²) >= 11 is 0. The fourth-order valence-corrected chi connectivity index (χ4v) is 1.93. The Morgan fingerprint density at radius 1 is 1.39 bits per heavy atom. The molecule has 2 aromatic rings. The molecule has 0 aliphatic heterocycles. The molecule has 0 radical (unpaired) electrons. The smallest absolute Gasteiger partial charge is 0.136 e. The molecule has 1 unspecified atom stereocenters. The molecule has 1 atom stereocenters. The molecule has 0 aromatic carbocycles. The maximum Gasteiger partial charge on any atom is 0.136 e. The number of aryl methyl sites for hydroxylation is 2. The van der Waals surface area contributed by atoms with E-state index in [1.807, 2.05) is 38.4 Å². The molecule has 0 saturated heterocycles. The van der Waals surface area contributed by atoms with E-state index in [1.165, 1.54) is 5.69 Å². The Balaban J connectivity index is 1.91. The van der Waals surface area contributed by atoms with Gasteiger partial charge in [0.15, 0.2) is 0 Å². The number of hydrogen-bond donors (Lipinski definition) is 2. The van der Waals surface area contributed by atoms with Crippen molar-refractivity contribution in [2.45, 2.75) is 26.0 Å². The van der Waals surface area contributed by atoms with E-state index in [0.29, 0.717) is 12.3 Å². The normalized spacial score (nSPS) is 14.7. The maximum absolute atomic E-state index is 10.3. The van der Waals surface area contributed by atoms with E-state index in [0.717, 1.165) is 12.3 Å². The monoisotopic (exact) mass is 248 g/mol. The van der Waals surface area contributed by atoms with E-state index < -0.39 is 5.60 Å². The van der Waals surface area contributed by atoms with Crippen LogP contribution >= 0.6 is 0 Å². The summed E-state index contributed by atoms with van der Waals surface area (Å²) < 4.78 is 7.52. The van der Waals surface area contributed by atoms with E-state index >= 15 is 0 Å². The lowest BCUT2D eigenvalue weighted by molar-refractivity contribution is 0.0331. The number of hydrogen-bond acceptors (Lipinski definition) is 3. The van der Waals surface area contributed by atoms with Crippen LogP contribution in [0.5, 0.6) is 0 Å². The molecule has 2 N–H and O–H groups in total. The van der Waals surface area contributed by atoms with E-state index in [9.17, 15) is 5.11 Å². The Hall–Kier alpha value is -1.52. The van der Waals surface area contributed by atoms with Crippen molar-refractivity contribution in [1.29, 1.82) is 0 Å². The van der Waals surface area contributed by atoms with Gasteiger partial charge < -0.3 is 19.4 Å². The second-order valence-electron chi connectivity index (χ2n) is 4.90. The van der Waals surface area contributed by atoms with Gasteiger partial charge in [-0.15, -0.1) is 0 Å². The van der Waals surface area contributed by atoms with Crippen LogP contribution < -0.4 is 5.32 Å². The van der Waals surface area contributed by atoms with Crippen molar-refractivity contribution in [1.82, 2.24) is 9.88 Å². The van der Waals surface area contributed by atoms with Crippen LogP contribution in [0.4, 0.5) is 0 Å². The minimum Gasteiger partial charge on any atom is -0.463 e. The summed E-state index contributed by atoms with van der Waals surface area (Å²) in [4.78, 5) is 0. The molecule has 18 heavy (non-hydrogen) atoms. The molecule has 98 valence electrons. The van der Waals surface area contributed by atoms with Crippen LogP contribution in [-0.2, 0) is 19.2 Å². The highest BCUT2D eigenvalue weighted by Crippen LogP contribution is 2.21. The van der Waals surface area contributed by atoms with Gasteiger partial charge >= 0.3 is 0 Å². The third-order valence-electron chi connectivity index (χ3n) is 3.10. The lowest BCUT2D eigenvalue weighted by Gasteiger charge is -2.21. The van der Waals surface area contributed by atoms with Gasteiger partial charge in [0.05, 0.1) is 0 Å². The highest BCUT2D eigenvalue weighted by molar-refractivity contribution is 5.13. The summed E-state index contributed by atoms with van der Waals surface area (Å²) in [7, 11) is 2.01. The Kier molecular flexibility index (Phi) is 3.59. The largest absolute Gasteiger partial charge is 0.463 e. The third-order valence-corrected chi connectivity index (χ3v) is 3.10. The van der Waals surface area contributed by atoms with Gasteiger partial charge in [-0.25, -0.2) is 0 Å². The van der Waals surface area contributed by atoms with Gasteiger partial charge in [-0.05, 0) is 38.1 Å². The molecule has 4 heteroatoms. The highest BCUT2D eigenvalue weighted by atomic mass is 16.4. The molecule has 0 spiro atoms. The van der Waals surface area contributed by atoms with Crippen molar-refractivity contribution < 1.29 is 9.52 Å². The first kappa shape index (κ1) is 12.9. The average molecular weight is 248 g/mol. The Bertz CT molecular complexity index is 511. The maximum atomic E-state index is 10.3. The summed E-state index contributed by atoms with van der Waals surface area (Å²) in [5, 5.41) is 13.6. The highest BCUT2D eigenvalue weighted by Gasteiger charge is 2.26. The van der Waals surface area contributed by atoms with Crippen LogP contribution in [0.25, 0.3) is 0 Å². The van der Waals surface area contributed by atoms with Crippen LogP contribution in [0.15, 0.2) is 34.9 Å². The summed E-state index contributed by atoms with van der Waals surface area (Å²) in [5.74, 6) is 1.41. The predicted octanol–water partition coefficient (Wildman–Crippen LogP) is 1.92. The zero-order valence-electron chi connectivity index (χ0n) is 11.1. The summed E-state index contributed by atoms with van der Waals surface area (Å²) in [6, 6.07) is 7.74. The van der Waals surface area contributed by atoms with Gasteiger partial charge in [0.2, 0.25) is 0 Å². The van der Waals surface area contributed by atoms with Gasteiger partial charge in [-0.1, -0.05) is 0 Å². The van der Waals surface area contributed by atoms with Crippen molar-refractivity contribution in [3.8, 4) is 0 Å². The topological polar surface area (TPSA) is 50.3 Å². The molecular formula is C14H20N2O2. The summed E-state index contributed by atoms with van der Waals surface area (Å²) in [6.07, 6.45) is 2.01. The molecular weight excluding hydrogens is 228 g/mol. The van der Waals surface area contributed by atoms with Crippen molar-refractivity contribution >= 4 is 0 Å². The number of nitrogens with zero attached hydrogens (tertiary/aromatic N) is 1. The number of aliphatic hydroxyl groups is 1. The average Bonchev–Trinajstić information content (AvgIpc) is 2.89. The van der Waals surface area contributed by atoms with E-state index in [1.54, 1.807) is 6.92 Å². The lowest BCUT2D eigenvalue weighted by atomic mass is 10.0. The quantitative estimate of drug-likeness (QED) is 0.850. The third kappa shape index (κ3) is 2.83. The molecule has 0 aliphatic carbocycles. The molecule has 0 aliphatic rings. The molecule has 2 rings (SSSR count). The van der Waals surface area contributed by atoms with Crippen LogP contribution in [0, 0.1) is 6.92 Å². The van der Waals surface area contributed by atoms with Gasteiger partial charge in [0.25, 0.3) is 0 Å². The zero-order valence-corrected chi connectivity index (χ0v) is 11.1. The number of rotatable bonds is 5. The van der Waals surface area contributed by atoms with Crippen LogP contribution in [-0.4, -0.2) is 16.2 Å². The molecule has 0 fully saturated rings. The van der Waals surface area contributed by atoms with Gasteiger partial charge in [-0.2, -0.15) is 0 Å². The van der Waals surface area contributed by atoms with Crippen molar-refractivity contribution in [2.24, 2.45) is 7.05 Å². The SMILES string of the molecule is Cc1ccc(C(C)(O)CNCc2cccn2C)o1. The molecule has 4 nitrogen and oxygen atoms in total. The minimum atomic E-state index is -0.987. The summed E-state index contributed by atoms with van der Waals surface area (Å²) in [6.45, 7) is 4.80. The van der Waals surface area contributed by atoms with Gasteiger partial charge in [-0.3, -0.25) is 0 Å².